The van der Waals surface area contributed by atoms with Crippen molar-refractivity contribution >= 4 is 22.3 Å². The molecular formula is C15H19N3O3. The van der Waals surface area contributed by atoms with Gasteiger partial charge >= 0.3 is 5.69 Å². The largest absolute Gasteiger partial charge is 0.388 e. The lowest BCUT2D eigenvalue weighted by Crippen LogP contribution is -2.35. The van der Waals surface area contributed by atoms with Crippen LogP contribution in [0.15, 0.2) is 30.5 Å². The Morgan fingerprint density at radius 1 is 1.33 bits per heavy atom. The van der Waals surface area contributed by atoms with E-state index in [1.54, 1.807) is 30.5 Å². The van der Waals surface area contributed by atoms with Gasteiger partial charge in [0.15, 0.2) is 0 Å². The van der Waals surface area contributed by atoms with Crippen molar-refractivity contribution in [3.63, 3.8) is 0 Å². The van der Waals surface area contributed by atoms with Gasteiger partial charge in [-0.3, -0.25) is 15.1 Å². The second-order valence-corrected chi connectivity index (χ2v) is 5.07. The second-order valence-electron chi connectivity index (χ2n) is 5.07. The number of aromatic nitrogens is 1. The Hall–Kier alpha value is -2.21. The van der Waals surface area contributed by atoms with Crippen molar-refractivity contribution in [1.29, 1.82) is 0 Å². The van der Waals surface area contributed by atoms with Crippen molar-refractivity contribution in [2.45, 2.75) is 32.3 Å². The summed E-state index contributed by atoms with van der Waals surface area (Å²) in [6, 6.07) is 6.73. The molecule has 0 bridgehead atoms. The maximum Gasteiger partial charge on any atom is 0.301 e. The molecule has 21 heavy (non-hydrogen) atoms. The van der Waals surface area contributed by atoms with Crippen LogP contribution in [0, 0.1) is 10.1 Å². The highest BCUT2D eigenvalue weighted by Crippen LogP contribution is 2.33. The van der Waals surface area contributed by atoms with Crippen LogP contribution >= 0.6 is 0 Å². The van der Waals surface area contributed by atoms with Gasteiger partial charge in [0.25, 0.3) is 0 Å². The number of nitrogens with one attached hydrogen (secondary N) is 1. The van der Waals surface area contributed by atoms with Crippen LogP contribution in [0.4, 0.5) is 11.4 Å². The van der Waals surface area contributed by atoms with Crippen molar-refractivity contribution in [2.24, 2.45) is 0 Å². The van der Waals surface area contributed by atoms with E-state index >= 15 is 0 Å². The molecular weight excluding hydrogens is 270 g/mol. The van der Waals surface area contributed by atoms with Crippen LogP contribution in [0.5, 0.6) is 0 Å². The van der Waals surface area contributed by atoms with Gasteiger partial charge in [0.05, 0.1) is 21.4 Å². The molecule has 0 aliphatic carbocycles. The molecule has 0 saturated heterocycles. The Bertz CT molecular complexity index is 654. The van der Waals surface area contributed by atoms with Crippen LogP contribution in [0.2, 0.25) is 0 Å². The molecule has 0 radical (unpaired) electrons. The first-order chi connectivity index (χ1) is 10.0. The maximum absolute atomic E-state index is 11.4. The molecule has 0 unspecified atom stereocenters. The first-order valence-electron chi connectivity index (χ1n) is 6.99. The van der Waals surface area contributed by atoms with E-state index in [0.717, 1.165) is 0 Å². The van der Waals surface area contributed by atoms with Gasteiger partial charge in [0, 0.05) is 12.7 Å². The molecule has 0 atom stereocenters. The summed E-state index contributed by atoms with van der Waals surface area (Å²) in [6.45, 7) is 4.06. The Kier molecular flexibility index (Phi) is 4.37. The van der Waals surface area contributed by atoms with Crippen LogP contribution in [0.3, 0.4) is 0 Å². The molecule has 112 valence electrons. The van der Waals surface area contributed by atoms with Crippen molar-refractivity contribution in [3.8, 4) is 0 Å². The van der Waals surface area contributed by atoms with Crippen molar-refractivity contribution in [3.05, 3.63) is 40.6 Å². The first kappa shape index (κ1) is 15.2. The number of nitro benzene ring substituents is 1. The van der Waals surface area contributed by atoms with Crippen LogP contribution in [-0.2, 0) is 0 Å². The molecule has 0 aliphatic heterocycles. The lowest BCUT2D eigenvalue weighted by atomic mass is 9.97. The zero-order valence-electron chi connectivity index (χ0n) is 12.2. The number of fused-ring (bicyclic) bond motifs is 1. The van der Waals surface area contributed by atoms with Gasteiger partial charge in [-0.15, -0.1) is 0 Å². The summed E-state index contributed by atoms with van der Waals surface area (Å²) in [7, 11) is 0. The maximum atomic E-state index is 11.4. The third kappa shape index (κ3) is 3.11. The molecule has 0 amide bonds. The predicted molar refractivity (Wildman–Crippen MR) is 82.4 cm³/mol. The Labute approximate surface area is 123 Å². The predicted octanol–water partition coefficient (Wildman–Crippen LogP) is 3.11. The average Bonchev–Trinajstić information content (AvgIpc) is 2.51. The van der Waals surface area contributed by atoms with Crippen LogP contribution in [0.25, 0.3) is 10.9 Å². The molecule has 1 heterocycles. The van der Waals surface area contributed by atoms with Crippen LogP contribution in [-0.4, -0.2) is 27.2 Å². The third-order valence-corrected chi connectivity index (χ3v) is 3.86. The second kappa shape index (κ2) is 6.05. The summed E-state index contributed by atoms with van der Waals surface area (Å²) >= 11 is 0. The lowest BCUT2D eigenvalue weighted by molar-refractivity contribution is -0.382. The molecule has 2 aromatic rings. The number of pyridine rings is 1. The number of benzene rings is 1. The van der Waals surface area contributed by atoms with Crippen LogP contribution < -0.4 is 5.32 Å². The summed E-state index contributed by atoms with van der Waals surface area (Å²) in [4.78, 5) is 15.1. The molecule has 1 aromatic carbocycles. The summed E-state index contributed by atoms with van der Waals surface area (Å²) in [6.07, 6.45) is 2.77. The van der Waals surface area contributed by atoms with Crippen molar-refractivity contribution in [1.82, 2.24) is 4.98 Å². The monoisotopic (exact) mass is 289 g/mol. The topological polar surface area (TPSA) is 88.3 Å². The van der Waals surface area contributed by atoms with Gasteiger partial charge in [-0.1, -0.05) is 13.8 Å². The van der Waals surface area contributed by atoms with Gasteiger partial charge in [0.2, 0.25) is 0 Å². The van der Waals surface area contributed by atoms with E-state index in [2.05, 4.69) is 10.3 Å². The zero-order valence-corrected chi connectivity index (χ0v) is 12.2. The van der Waals surface area contributed by atoms with Crippen molar-refractivity contribution < 1.29 is 10.0 Å². The van der Waals surface area contributed by atoms with E-state index < -0.39 is 10.5 Å². The summed E-state index contributed by atoms with van der Waals surface area (Å²) in [5.41, 5.74) is 0.115. The van der Waals surface area contributed by atoms with Gasteiger partial charge in [-0.25, -0.2) is 0 Å². The minimum atomic E-state index is -0.863. The van der Waals surface area contributed by atoms with Gasteiger partial charge < -0.3 is 10.4 Å². The molecule has 0 aliphatic rings. The zero-order chi connectivity index (χ0) is 15.5. The number of hydrogen-bond donors (Lipinski definition) is 2. The fourth-order valence-corrected chi connectivity index (χ4v) is 2.24. The molecule has 0 saturated carbocycles. The molecule has 6 nitrogen and oxygen atoms in total. The Morgan fingerprint density at radius 2 is 2.05 bits per heavy atom. The molecule has 6 heteroatoms. The molecule has 0 fully saturated rings. The van der Waals surface area contributed by atoms with E-state index in [1.165, 1.54) is 0 Å². The van der Waals surface area contributed by atoms with Gasteiger partial charge in [-0.2, -0.15) is 0 Å². The number of rotatable bonds is 6. The fraction of sp³-hybridized carbons (Fsp3) is 0.400. The smallest absolute Gasteiger partial charge is 0.301 e. The van der Waals surface area contributed by atoms with Gasteiger partial charge in [-0.05, 0) is 37.1 Å². The summed E-state index contributed by atoms with van der Waals surface area (Å²) < 4.78 is 0. The van der Waals surface area contributed by atoms with E-state index in [1.807, 2.05) is 13.8 Å². The molecule has 1 aromatic heterocycles. The first-order valence-corrected chi connectivity index (χ1v) is 6.99. The standard InChI is InChI=1S/C15H19N3O3/c1-3-15(19,4-2)10-17-13-8-7-12-11(6-5-9-16-12)14(13)18(20)21/h5-9,17,19H,3-4,10H2,1-2H3. The highest BCUT2D eigenvalue weighted by molar-refractivity contribution is 5.94. The minimum absolute atomic E-state index is 0.00449. The number of nitro groups is 1. The highest BCUT2D eigenvalue weighted by Gasteiger charge is 2.24. The minimum Gasteiger partial charge on any atom is -0.388 e. The lowest BCUT2D eigenvalue weighted by Gasteiger charge is -2.25. The number of nitrogens with zero attached hydrogens (tertiary/aromatic N) is 2. The average molecular weight is 289 g/mol. The van der Waals surface area contributed by atoms with E-state index in [4.69, 9.17) is 0 Å². The quantitative estimate of drug-likeness (QED) is 0.630. The van der Waals surface area contributed by atoms with Gasteiger partial charge in [0.1, 0.15) is 5.69 Å². The van der Waals surface area contributed by atoms with E-state index in [9.17, 15) is 15.2 Å². The van der Waals surface area contributed by atoms with E-state index in [0.29, 0.717) is 29.4 Å². The Morgan fingerprint density at radius 3 is 2.67 bits per heavy atom. The summed E-state index contributed by atoms with van der Waals surface area (Å²) in [5, 5.41) is 25.2. The highest BCUT2D eigenvalue weighted by atomic mass is 16.6. The Balaban J connectivity index is 2.40. The number of aliphatic hydroxyl groups is 1. The SMILES string of the molecule is CCC(O)(CC)CNc1ccc2ncccc2c1[N+](=O)[O-]. The molecule has 0 spiro atoms. The summed E-state index contributed by atoms with van der Waals surface area (Å²) in [5.74, 6) is 0. The molecule has 2 rings (SSSR count). The molecule has 2 N–H and O–H groups in total. The van der Waals surface area contributed by atoms with Crippen molar-refractivity contribution in [2.75, 3.05) is 11.9 Å². The fourth-order valence-electron chi connectivity index (χ4n) is 2.24. The van der Waals surface area contributed by atoms with E-state index in [-0.39, 0.29) is 12.2 Å². The normalized spacial score (nSPS) is 11.6. The number of anilines is 1. The number of hydrogen-bond acceptors (Lipinski definition) is 5. The third-order valence-electron chi connectivity index (χ3n) is 3.86. The van der Waals surface area contributed by atoms with Crippen LogP contribution in [0.1, 0.15) is 26.7 Å².